The quantitative estimate of drug-likeness (QED) is 0.259. The number of hydrogen-bond donors (Lipinski definition) is 1. The SMILES string of the molecule is COC(=O)Nc1ccc(C(=O)CN(C=O)C2CCc3cc(-c4cc(Cl)ccc4-n4cnnn4)cc(=O)n32)s1. The van der Waals surface area contributed by atoms with E-state index >= 15 is 0 Å². The summed E-state index contributed by atoms with van der Waals surface area (Å²) in [6.45, 7) is -0.224. The number of benzene rings is 1. The maximum absolute atomic E-state index is 13.3. The molecule has 1 unspecified atom stereocenters. The molecule has 0 aliphatic carbocycles. The summed E-state index contributed by atoms with van der Waals surface area (Å²) in [5, 5.41) is 14.7. The van der Waals surface area contributed by atoms with Gasteiger partial charge < -0.3 is 9.64 Å². The lowest BCUT2D eigenvalue weighted by molar-refractivity contribution is -0.121. The molecule has 1 aromatic carbocycles. The number of pyridine rings is 1. The standard InChI is InChI=1S/C24H20ClN7O5S/c1-37-24(36)27-21-6-5-20(38-21)19(34)11-30(13-33)22-7-3-16-8-14(9-23(35)32(16)22)17-10-15(25)2-4-18(17)31-12-26-28-29-31/h2,4-6,8-10,12-13,22H,3,7,11H2,1H3,(H,27,36). The number of amides is 2. The molecule has 0 radical (unpaired) electrons. The molecule has 3 aromatic heterocycles. The Bertz CT molecular complexity index is 1580. The summed E-state index contributed by atoms with van der Waals surface area (Å²) in [6.07, 6.45) is 1.76. The van der Waals surface area contributed by atoms with Crippen LogP contribution in [0.1, 0.15) is 28.0 Å². The van der Waals surface area contributed by atoms with E-state index < -0.39 is 12.3 Å². The van der Waals surface area contributed by atoms with Crippen molar-refractivity contribution in [2.24, 2.45) is 0 Å². The molecule has 0 bridgehead atoms. The molecule has 1 atom stereocenters. The number of nitrogens with one attached hydrogen (secondary N) is 1. The third-order valence-electron chi connectivity index (χ3n) is 6.11. The van der Waals surface area contributed by atoms with Crippen molar-refractivity contribution in [2.75, 3.05) is 19.0 Å². The summed E-state index contributed by atoms with van der Waals surface area (Å²) >= 11 is 7.32. The Morgan fingerprint density at radius 3 is 2.84 bits per heavy atom. The molecule has 194 valence electrons. The van der Waals surface area contributed by atoms with E-state index in [2.05, 4.69) is 25.6 Å². The van der Waals surface area contributed by atoms with Crippen LogP contribution in [0.3, 0.4) is 0 Å². The van der Waals surface area contributed by atoms with Gasteiger partial charge in [0.25, 0.3) is 5.56 Å². The van der Waals surface area contributed by atoms with E-state index in [1.165, 1.54) is 33.7 Å². The number of aryl methyl sites for hydroxylation is 1. The smallest absolute Gasteiger partial charge is 0.411 e. The van der Waals surface area contributed by atoms with Gasteiger partial charge in [0, 0.05) is 22.3 Å². The number of rotatable bonds is 8. The minimum absolute atomic E-state index is 0.224. The number of ketones is 1. The Kier molecular flexibility index (Phi) is 7.03. The van der Waals surface area contributed by atoms with Gasteiger partial charge in [0.15, 0.2) is 5.78 Å². The second kappa shape index (κ2) is 10.6. The van der Waals surface area contributed by atoms with Crippen molar-refractivity contribution in [3.63, 3.8) is 0 Å². The number of hydrogen-bond acceptors (Lipinski definition) is 9. The van der Waals surface area contributed by atoms with Crippen molar-refractivity contribution in [3.8, 4) is 16.8 Å². The van der Waals surface area contributed by atoms with Gasteiger partial charge in [-0.3, -0.25) is 24.3 Å². The number of carbonyl (C=O) groups excluding carboxylic acids is 3. The Labute approximate surface area is 224 Å². The van der Waals surface area contributed by atoms with Crippen LogP contribution in [-0.2, 0) is 16.0 Å². The molecule has 1 aliphatic rings. The number of thiophene rings is 1. The van der Waals surface area contributed by atoms with Crippen molar-refractivity contribution < 1.29 is 19.1 Å². The fraction of sp³-hybridized carbons (Fsp3) is 0.208. The molecule has 0 saturated heterocycles. The molecule has 1 aliphatic heterocycles. The van der Waals surface area contributed by atoms with Gasteiger partial charge in [-0.1, -0.05) is 11.6 Å². The number of nitrogens with zero attached hydrogens (tertiary/aromatic N) is 6. The first-order valence-electron chi connectivity index (χ1n) is 11.4. The van der Waals surface area contributed by atoms with Crippen LogP contribution in [0.5, 0.6) is 0 Å². The molecule has 2 amide bonds. The molecule has 4 heterocycles. The van der Waals surface area contributed by atoms with Crippen LogP contribution < -0.4 is 10.9 Å². The normalized spacial score (nSPS) is 14.1. The number of fused-ring (bicyclic) bond motifs is 1. The number of tetrazole rings is 1. The predicted molar refractivity (Wildman–Crippen MR) is 139 cm³/mol. The Morgan fingerprint density at radius 1 is 1.26 bits per heavy atom. The minimum Gasteiger partial charge on any atom is -0.453 e. The Morgan fingerprint density at radius 2 is 2.11 bits per heavy atom. The summed E-state index contributed by atoms with van der Waals surface area (Å²) < 4.78 is 7.57. The van der Waals surface area contributed by atoms with E-state index in [0.29, 0.717) is 51.0 Å². The number of aromatic nitrogens is 5. The first-order chi connectivity index (χ1) is 18.4. The molecule has 14 heteroatoms. The second-order valence-corrected chi connectivity index (χ2v) is 9.88. The van der Waals surface area contributed by atoms with Crippen molar-refractivity contribution in [1.29, 1.82) is 0 Å². The zero-order chi connectivity index (χ0) is 26.8. The van der Waals surface area contributed by atoms with Gasteiger partial charge in [0.2, 0.25) is 6.41 Å². The van der Waals surface area contributed by atoms with E-state index in [0.717, 1.165) is 17.0 Å². The highest BCUT2D eigenvalue weighted by molar-refractivity contribution is 7.18. The molecule has 0 spiro atoms. The highest BCUT2D eigenvalue weighted by atomic mass is 35.5. The summed E-state index contributed by atoms with van der Waals surface area (Å²) in [7, 11) is 1.24. The zero-order valence-corrected chi connectivity index (χ0v) is 21.5. The van der Waals surface area contributed by atoms with E-state index in [9.17, 15) is 19.2 Å². The van der Waals surface area contributed by atoms with Crippen LogP contribution in [0.2, 0.25) is 5.02 Å². The number of anilines is 1. The van der Waals surface area contributed by atoms with Crippen LogP contribution in [-0.4, -0.2) is 61.6 Å². The number of ether oxygens (including phenoxy) is 1. The topological polar surface area (TPSA) is 141 Å². The monoisotopic (exact) mass is 553 g/mol. The molecule has 0 saturated carbocycles. The second-order valence-electron chi connectivity index (χ2n) is 8.36. The summed E-state index contributed by atoms with van der Waals surface area (Å²) in [6, 6.07) is 11.7. The third kappa shape index (κ3) is 4.93. The van der Waals surface area contributed by atoms with Crippen LogP contribution in [0, 0.1) is 0 Å². The van der Waals surface area contributed by atoms with Gasteiger partial charge in [-0.25, -0.2) is 4.79 Å². The molecular weight excluding hydrogens is 534 g/mol. The summed E-state index contributed by atoms with van der Waals surface area (Å²) in [4.78, 5) is 51.3. The van der Waals surface area contributed by atoms with Gasteiger partial charge in [0.05, 0.1) is 29.2 Å². The molecule has 4 aromatic rings. The van der Waals surface area contributed by atoms with Crippen LogP contribution in [0.15, 0.2) is 53.6 Å². The van der Waals surface area contributed by atoms with Crippen molar-refractivity contribution in [2.45, 2.75) is 19.0 Å². The van der Waals surface area contributed by atoms with Crippen LogP contribution in [0.4, 0.5) is 9.80 Å². The highest BCUT2D eigenvalue weighted by Crippen LogP contribution is 2.33. The average molecular weight is 554 g/mol. The molecule has 0 fully saturated rings. The predicted octanol–water partition coefficient (Wildman–Crippen LogP) is 3.17. The fourth-order valence-corrected chi connectivity index (χ4v) is 5.41. The van der Waals surface area contributed by atoms with Crippen LogP contribution >= 0.6 is 22.9 Å². The average Bonchev–Trinajstić information content (AvgIpc) is 3.68. The lowest BCUT2D eigenvalue weighted by Crippen LogP contribution is -2.38. The van der Waals surface area contributed by atoms with E-state index in [-0.39, 0.29) is 17.9 Å². The molecule has 1 N–H and O–H groups in total. The van der Waals surface area contributed by atoms with Crippen LogP contribution in [0.25, 0.3) is 16.8 Å². The lowest BCUT2D eigenvalue weighted by Gasteiger charge is -2.26. The van der Waals surface area contributed by atoms with Crippen molar-refractivity contribution in [1.82, 2.24) is 29.7 Å². The van der Waals surface area contributed by atoms with E-state index in [4.69, 9.17) is 11.6 Å². The minimum atomic E-state index is -0.649. The van der Waals surface area contributed by atoms with Gasteiger partial charge in [0.1, 0.15) is 12.5 Å². The van der Waals surface area contributed by atoms with Crippen molar-refractivity contribution in [3.05, 3.63) is 74.7 Å². The first-order valence-corrected chi connectivity index (χ1v) is 12.5. The number of Topliss-reactive ketones (excluding diaryl/α,β-unsaturated/α-hetero) is 1. The van der Waals surface area contributed by atoms with Crippen molar-refractivity contribution >= 4 is 46.2 Å². The summed E-state index contributed by atoms with van der Waals surface area (Å²) in [5.41, 5.74) is 2.36. The first kappa shape index (κ1) is 25.3. The van der Waals surface area contributed by atoms with E-state index in [1.807, 2.05) is 6.07 Å². The number of methoxy groups -OCH3 is 1. The molecule has 12 nitrogen and oxygen atoms in total. The summed E-state index contributed by atoms with van der Waals surface area (Å²) in [5.74, 6) is -0.317. The maximum Gasteiger partial charge on any atom is 0.411 e. The van der Waals surface area contributed by atoms with Gasteiger partial charge in [-0.15, -0.1) is 16.4 Å². The number of halogens is 1. The Hall–Kier alpha value is -4.36. The number of carbonyl (C=O) groups is 3. The van der Waals surface area contributed by atoms with Gasteiger partial charge >= 0.3 is 6.09 Å². The zero-order valence-electron chi connectivity index (χ0n) is 19.9. The molecule has 38 heavy (non-hydrogen) atoms. The Balaban J connectivity index is 1.41. The maximum atomic E-state index is 13.3. The fourth-order valence-electron chi connectivity index (χ4n) is 4.42. The van der Waals surface area contributed by atoms with Gasteiger partial charge in [-0.05, 0) is 65.2 Å². The van der Waals surface area contributed by atoms with Gasteiger partial charge in [-0.2, -0.15) is 4.68 Å². The molecular formula is C24H20ClN7O5S. The lowest BCUT2D eigenvalue weighted by atomic mass is 10.0. The third-order valence-corrected chi connectivity index (χ3v) is 7.38. The largest absolute Gasteiger partial charge is 0.453 e. The highest BCUT2D eigenvalue weighted by Gasteiger charge is 2.30. The molecule has 5 rings (SSSR count). The van der Waals surface area contributed by atoms with E-state index in [1.54, 1.807) is 30.3 Å².